The highest BCUT2D eigenvalue weighted by Crippen LogP contribution is 2.42. The molecule has 0 aliphatic rings. The predicted molar refractivity (Wildman–Crippen MR) is 306 cm³/mol. The molecule has 36 heteroatoms. The van der Waals surface area contributed by atoms with Crippen LogP contribution in [-0.4, -0.2) is 59.8 Å². The van der Waals surface area contributed by atoms with Gasteiger partial charge in [0, 0.05) is 101 Å². The molecule has 0 radical (unpaired) electrons. The Morgan fingerprint density at radius 2 is 0.461 bits per heavy atom. The third-order valence-electron chi connectivity index (χ3n) is 12.7. The molecule has 0 atom stereocenters. The summed E-state index contributed by atoms with van der Waals surface area (Å²) in [6.07, 6.45) is -1.22. The third-order valence-corrected chi connectivity index (χ3v) is 12.7. The molecule has 89 heavy (non-hydrogen) atoms. The van der Waals surface area contributed by atoms with Gasteiger partial charge in [-0.1, -0.05) is 6.92 Å². The van der Waals surface area contributed by atoms with Crippen molar-refractivity contribution in [3.63, 3.8) is 0 Å². The van der Waals surface area contributed by atoms with E-state index in [9.17, 15) is 101 Å². The quantitative estimate of drug-likeness (QED) is 0.0262. The molecule has 0 spiro atoms. The van der Waals surface area contributed by atoms with Crippen LogP contribution in [-0.2, 0) is 25.7 Å². The second kappa shape index (κ2) is 26.0. The van der Waals surface area contributed by atoms with Crippen LogP contribution >= 0.6 is 0 Å². The van der Waals surface area contributed by atoms with E-state index in [1.54, 1.807) is 6.92 Å². The highest BCUT2D eigenvalue weighted by atomic mass is 16.7. The monoisotopic (exact) mass is 1220 g/mol. The van der Waals surface area contributed by atoms with Gasteiger partial charge < -0.3 is 20.4 Å². The van der Waals surface area contributed by atoms with Crippen LogP contribution in [0.1, 0.15) is 45.9 Å². The molecule has 0 fully saturated rings. The number of phenolic OH excluding ortho intramolecular Hbond substituents is 4. The van der Waals surface area contributed by atoms with Gasteiger partial charge in [-0.3, -0.25) is 80.9 Å². The van der Waals surface area contributed by atoms with E-state index in [4.69, 9.17) is 0 Å². The summed E-state index contributed by atoms with van der Waals surface area (Å²) in [4.78, 5) is 86.0. The van der Waals surface area contributed by atoms with Gasteiger partial charge in [0.1, 0.15) is 23.0 Å². The molecule has 0 unspecified atom stereocenters. The molecule has 8 aromatic rings. The van der Waals surface area contributed by atoms with Gasteiger partial charge in [-0.25, -0.2) is 0 Å². The maximum atomic E-state index is 12.2. The SMILES string of the molecule is CCc1cc(N=Nc2cc([N+](=O)[O-])cc([N+](=O)[O-])c2)cc(Cc2cc(N=Nc3cc([N+](=O)[O-])cc([N+](=O)[O-])c3)cc(Cc3cc(N=Nc4cc([N+](=O)[O-])cc([N+](=O)[O-])c4)cc(Cc4cc(N=Nc5cc([N+](=O)[O-])cc([N+](=O)[O-])c5)ccc4O)c3O)c2O)c1O. The molecule has 0 saturated carbocycles. The van der Waals surface area contributed by atoms with Crippen LogP contribution < -0.4 is 0 Å². The Hall–Kier alpha value is -13.4. The number of nitro groups is 8. The van der Waals surface area contributed by atoms with Crippen molar-refractivity contribution in [2.75, 3.05) is 0 Å². The number of non-ortho nitro benzene ring substituents is 8. The number of benzene rings is 8. The molecule has 0 saturated heterocycles. The average molecular weight is 1220 g/mol. The fraction of sp³-hybridized carbons (Fsp3) is 0.0943. The molecule has 4 N–H and O–H groups in total. The zero-order chi connectivity index (χ0) is 64.5. The number of hydrogen-bond donors (Lipinski definition) is 4. The Balaban J connectivity index is 1.27. The van der Waals surface area contributed by atoms with Crippen molar-refractivity contribution in [2.24, 2.45) is 40.9 Å². The minimum Gasteiger partial charge on any atom is -0.508 e. The third kappa shape index (κ3) is 15.0. The first-order valence-electron chi connectivity index (χ1n) is 25.0. The number of azo groups is 4. The van der Waals surface area contributed by atoms with Gasteiger partial charge in [0.25, 0.3) is 45.5 Å². The molecular formula is C53H36N16O20. The normalized spacial score (nSPS) is 11.4. The molecule has 36 nitrogen and oxygen atoms in total. The maximum Gasteiger partial charge on any atom is 0.278 e. The zero-order valence-electron chi connectivity index (χ0n) is 44.9. The van der Waals surface area contributed by atoms with Crippen LogP contribution in [0.2, 0.25) is 0 Å². The lowest BCUT2D eigenvalue weighted by atomic mass is 9.93. The molecule has 8 rings (SSSR count). The van der Waals surface area contributed by atoms with E-state index in [0.717, 1.165) is 54.6 Å². The summed E-state index contributed by atoms with van der Waals surface area (Å²) in [6, 6.07) is 21.3. The summed E-state index contributed by atoms with van der Waals surface area (Å²) in [7, 11) is 0. The fourth-order valence-corrected chi connectivity index (χ4v) is 8.59. The maximum absolute atomic E-state index is 12.2. The average Bonchev–Trinajstić information content (AvgIpc) is 1.96. The van der Waals surface area contributed by atoms with Crippen LogP contribution in [0, 0.1) is 80.9 Å². The summed E-state index contributed by atoms with van der Waals surface area (Å²) in [6.45, 7) is 1.66. The summed E-state index contributed by atoms with van der Waals surface area (Å²) in [5, 5.41) is 173. The highest BCUT2D eigenvalue weighted by Gasteiger charge is 2.24. The molecule has 0 amide bonds. The van der Waals surface area contributed by atoms with Gasteiger partial charge in [-0.15, -0.1) is 0 Å². The van der Waals surface area contributed by atoms with E-state index in [2.05, 4.69) is 40.9 Å². The smallest absolute Gasteiger partial charge is 0.278 e. The Bertz CT molecular complexity index is 4330. The van der Waals surface area contributed by atoms with Crippen molar-refractivity contribution in [1.82, 2.24) is 0 Å². The number of nitrogens with zero attached hydrogens (tertiary/aromatic N) is 16. The van der Waals surface area contributed by atoms with Crippen molar-refractivity contribution in [3.8, 4) is 23.0 Å². The van der Waals surface area contributed by atoms with Crippen LogP contribution in [0.4, 0.5) is 91.0 Å². The number of rotatable bonds is 23. The van der Waals surface area contributed by atoms with E-state index >= 15 is 0 Å². The van der Waals surface area contributed by atoms with Gasteiger partial charge in [0.05, 0.1) is 109 Å². The van der Waals surface area contributed by atoms with E-state index in [1.807, 2.05) is 0 Å². The standard InChI is InChI=1S/C53H36N16O20/c1-2-27-8-35(55-59-39-17-44(64(78)79)24-45(18-39)65(80)81)11-30(51(27)71)6-31-12-37(57-61-41-21-48(68(86)87)26-49(22-41)69(88)89)14-33(53(31)73)7-32-13-36(56-60-40-19-46(66(82)83)25-47(20-40)67(84)85)10-29(52(32)72)5-28-9-34(3-4-50(28)70)54-58-38-15-42(62(74)75)23-43(16-38)63(76)77/h3-4,8-26,70-73H,2,5-7H2,1H3. The summed E-state index contributed by atoms with van der Waals surface area (Å²) in [5.74, 6) is -1.84. The van der Waals surface area contributed by atoms with Gasteiger partial charge in [-0.05, 0) is 66.6 Å². The van der Waals surface area contributed by atoms with E-state index in [0.29, 0.717) is 24.3 Å². The minimum atomic E-state index is -0.912. The Morgan fingerprint density at radius 1 is 0.270 bits per heavy atom. The minimum absolute atomic E-state index is 0.00294. The zero-order valence-corrected chi connectivity index (χ0v) is 44.9. The first kappa shape index (κ1) is 61.6. The van der Waals surface area contributed by atoms with Crippen LogP contribution in [0.3, 0.4) is 0 Å². The van der Waals surface area contributed by atoms with Gasteiger partial charge in [0.2, 0.25) is 0 Å². The first-order valence-corrected chi connectivity index (χ1v) is 25.0. The van der Waals surface area contributed by atoms with Gasteiger partial charge >= 0.3 is 0 Å². The Labute approximate surface area is 493 Å². The van der Waals surface area contributed by atoms with Crippen molar-refractivity contribution >= 4 is 91.0 Å². The van der Waals surface area contributed by atoms with E-state index in [1.165, 1.54) is 48.5 Å². The second-order valence-corrected chi connectivity index (χ2v) is 18.7. The fourth-order valence-electron chi connectivity index (χ4n) is 8.59. The lowest BCUT2D eigenvalue weighted by Gasteiger charge is -2.16. The number of nitro benzene ring substituents is 8. The van der Waals surface area contributed by atoms with E-state index < -0.39 is 121 Å². The van der Waals surface area contributed by atoms with Crippen LogP contribution in [0.5, 0.6) is 23.0 Å². The van der Waals surface area contributed by atoms with Crippen molar-refractivity contribution in [2.45, 2.75) is 32.6 Å². The topological polar surface area (TPSA) is 525 Å². The molecular weight excluding hydrogens is 1180 g/mol. The molecule has 0 aromatic heterocycles. The van der Waals surface area contributed by atoms with Crippen LogP contribution in [0.15, 0.2) is 168 Å². The van der Waals surface area contributed by atoms with Crippen molar-refractivity contribution in [3.05, 3.63) is 247 Å². The number of aromatic hydroxyl groups is 4. The summed E-state index contributed by atoms with van der Waals surface area (Å²) >= 11 is 0. The second-order valence-electron chi connectivity index (χ2n) is 18.7. The lowest BCUT2D eigenvalue weighted by molar-refractivity contribution is -0.394. The molecule has 0 bridgehead atoms. The van der Waals surface area contributed by atoms with E-state index in [-0.39, 0.29) is 96.6 Å². The molecule has 0 aliphatic carbocycles. The van der Waals surface area contributed by atoms with Crippen LogP contribution in [0.25, 0.3) is 0 Å². The number of phenols is 4. The lowest BCUT2D eigenvalue weighted by Crippen LogP contribution is -1.99. The predicted octanol–water partition coefficient (Wildman–Crippen LogP) is 14.8. The Morgan fingerprint density at radius 3 is 0.697 bits per heavy atom. The molecule has 448 valence electrons. The van der Waals surface area contributed by atoms with Crippen molar-refractivity contribution < 1.29 is 59.8 Å². The molecule has 0 heterocycles. The molecule has 0 aliphatic heterocycles. The first-order chi connectivity index (χ1) is 42.2. The van der Waals surface area contributed by atoms with Gasteiger partial charge in [-0.2, -0.15) is 40.9 Å². The Kier molecular flexibility index (Phi) is 18.0. The summed E-state index contributed by atoms with van der Waals surface area (Å²) < 4.78 is 0. The number of aryl methyl sites for hydroxylation is 1. The largest absolute Gasteiger partial charge is 0.508 e. The van der Waals surface area contributed by atoms with Gasteiger partial charge in [0.15, 0.2) is 0 Å². The molecule has 8 aromatic carbocycles. The summed E-state index contributed by atoms with van der Waals surface area (Å²) in [5.41, 5.74) is -7.38. The highest BCUT2D eigenvalue weighted by molar-refractivity contribution is 5.64. The number of hydrogen-bond acceptors (Lipinski definition) is 28. The van der Waals surface area contributed by atoms with Crippen molar-refractivity contribution in [1.29, 1.82) is 0 Å².